The van der Waals surface area contributed by atoms with Gasteiger partial charge in [0, 0.05) is 25.8 Å². The van der Waals surface area contributed by atoms with E-state index in [0.29, 0.717) is 35.5 Å². The normalized spacial score (nSPS) is 20.2. The van der Waals surface area contributed by atoms with Gasteiger partial charge in [-0.1, -0.05) is 6.07 Å². The Kier molecular flexibility index (Phi) is 7.55. The number of hydrogen-bond donors (Lipinski definition) is 1. The lowest BCUT2D eigenvalue weighted by Crippen LogP contribution is -2.48. The summed E-state index contributed by atoms with van der Waals surface area (Å²) in [6.07, 6.45) is 0.876. The van der Waals surface area contributed by atoms with Crippen LogP contribution >= 0.6 is 0 Å². The van der Waals surface area contributed by atoms with Gasteiger partial charge < -0.3 is 10.1 Å². The Morgan fingerprint density at radius 3 is 2.24 bits per heavy atom. The van der Waals surface area contributed by atoms with Crippen molar-refractivity contribution in [2.24, 2.45) is 0 Å². The van der Waals surface area contributed by atoms with Gasteiger partial charge in [-0.2, -0.15) is 4.31 Å². The van der Waals surface area contributed by atoms with E-state index in [1.165, 1.54) is 11.2 Å². The highest BCUT2D eigenvalue weighted by atomic mass is 32.2. The number of nitrogens with one attached hydrogen (secondary N) is 1. The Morgan fingerprint density at radius 1 is 1.08 bits per heavy atom. The van der Waals surface area contributed by atoms with Gasteiger partial charge in [-0.15, -0.1) is 0 Å². The number of sulfonamides is 1. The first-order valence-electron chi connectivity index (χ1n) is 12.4. The molecule has 3 amide bonds. The lowest BCUT2D eigenvalue weighted by atomic mass is 10.0. The number of carbonyl (C=O) groups is 3. The van der Waals surface area contributed by atoms with Gasteiger partial charge in [0.25, 0.3) is 5.91 Å². The Bertz CT molecular complexity index is 1320. The maximum absolute atomic E-state index is 14.2. The highest BCUT2D eigenvalue weighted by Crippen LogP contribution is 2.34. The van der Waals surface area contributed by atoms with E-state index in [4.69, 9.17) is 4.74 Å². The molecule has 4 rings (SSSR count). The zero-order chi connectivity index (χ0) is 27.1. The Labute approximate surface area is 217 Å². The molecular formula is C27H33N3O6S. The van der Waals surface area contributed by atoms with Gasteiger partial charge in [0.2, 0.25) is 21.8 Å². The van der Waals surface area contributed by atoms with Crippen molar-refractivity contribution in [3.05, 3.63) is 52.6 Å². The third-order valence-corrected chi connectivity index (χ3v) is 9.34. The van der Waals surface area contributed by atoms with Crippen LogP contribution in [0.2, 0.25) is 0 Å². The number of carbonyl (C=O) groups excluding carboxylic acids is 3. The molecule has 0 radical (unpaired) electrons. The van der Waals surface area contributed by atoms with Gasteiger partial charge in [0.15, 0.2) is 0 Å². The van der Waals surface area contributed by atoms with Crippen molar-refractivity contribution in [3.8, 4) is 0 Å². The molecule has 2 aromatic carbocycles. The Balaban J connectivity index is 1.74. The quantitative estimate of drug-likeness (QED) is 0.553. The second-order valence-electron chi connectivity index (χ2n) is 9.81. The number of amides is 3. The van der Waals surface area contributed by atoms with Crippen LogP contribution in [0.3, 0.4) is 0 Å². The molecule has 2 atom stereocenters. The standard InChI is InChI=1S/C27H33N3O6S/c1-16-13-17(2)19(4)26(18(16)3)37(34,35)29(15-23-7-6-12-36-23)24-14-25(32)30(27(24)33)22-10-8-21(9-11-22)28-20(5)31/h8-11,13,23-24H,6-7,12,14-15H2,1-5H3,(H,28,31). The molecule has 198 valence electrons. The van der Waals surface area contributed by atoms with Crippen LogP contribution in [-0.2, 0) is 29.1 Å². The van der Waals surface area contributed by atoms with E-state index < -0.39 is 27.9 Å². The lowest BCUT2D eigenvalue weighted by molar-refractivity contribution is -0.122. The minimum absolute atomic E-state index is 0.00675. The van der Waals surface area contributed by atoms with E-state index in [-0.39, 0.29) is 29.9 Å². The summed E-state index contributed by atoms with van der Waals surface area (Å²) in [6.45, 7) is 9.17. The molecule has 2 aliphatic rings. The first-order chi connectivity index (χ1) is 17.4. The number of ether oxygens (including phenoxy) is 1. The Hall–Kier alpha value is -3.08. The topological polar surface area (TPSA) is 113 Å². The average molecular weight is 528 g/mol. The van der Waals surface area contributed by atoms with Crippen molar-refractivity contribution in [2.75, 3.05) is 23.4 Å². The number of aryl methyl sites for hydroxylation is 2. The van der Waals surface area contributed by atoms with Gasteiger partial charge in [0.1, 0.15) is 6.04 Å². The fourth-order valence-corrected chi connectivity index (χ4v) is 7.27. The minimum Gasteiger partial charge on any atom is -0.377 e. The van der Waals surface area contributed by atoms with E-state index >= 15 is 0 Å². The molecule has 2 saturated heterocycles. The molecular weight excluding hydrogens is 494 g/mol. The highest BCUT2D eigenvalue weighted by Gasteiger charge is 2.48. The smallest absolute Gasteiger partial charge is 0.252 e. The largest absolute Gasteiger partial charge is 0.377 e. The summed E-state index contributed by atoms with van der Waals surface area (Å²) in [5, 5.41) is 2.64. The van der Waals surface area contributed by atoms with Crippen molar-refractivity contribution in [1.82, 2.24) is 4.31 Å². The number of rotatable bonds is 7. The summed E-state index contributed by atoms with van der Waals surface area (Å²) in [5.41, 5.74) is 3.78. The molecule has 0 saturated carbocycles. The van der Waals surface area contributed by atoms with Crippen LogP contribution in [-0.4, -0.2) is 55.7 Å². The van der Waals surface area contributed by atoms with Crippen LogP contribution < -0.4 is 10.2 Å². The summed E-state index contributed by atoms with van der Waals surface area (Å²) in [4.78, 5) is 39.3. The SMILES string of the molecule is CC(=O)Nc1ccc(N2C(=O)CC(N(CC3CCCO3)S(=O)(=O)c3c(C)c(C)cc(C)c3C)C2=O)cc1. The van der Waals surface area contributed by atoms with E-state index in [1.807, 2.05) is 19.9 Å². The summed E-state index contributed by atoms with van der Waals surface area (Å²) in [5.74, 6) is -1.32. The second-order valence-corrected chi connectivity index (χ2v) is 11.6. The van der Waals surface area contributed by atoms with Crippen LogP contribution in [0.5, 0.6) is 0 Å². The van der Waals surface area contributed by atoms with E-state index in [2.05, 4.69) is 5.32 Å². The first kappa shape index (κ1) is 27.0. The third kappa shape index (κ3) is 5.18. The van der Waals surface area contributed by atoms with Crippen molar-refractivity contribution in [3.63, 3.8) is 0 Å². The maximum atomic E-state index is 14.2. The first-order valence-corrected chi connectivity index (χ1v) is 13.8. The van der Waals surface area contributed by atoms with E-state index in [0.717, 1.165) is 22.4 Å². The monoisotopic (exact) mass is 527 g/mol. The fourth-order valence-electron chi connectivity index (χ4n) is 5.08. The average Bonchev–Trinajstić information content (AvgIpc) is 3.44. The molecule has 2 fully saturated rings. The van der Waals surface area contributed by atoms with E-state index in [9.17, 15) is 22.8 Å². The fraction of sp³-hybridized carbons (Fsp3) is 0.444. The van der Waals surface area contributed by atoms with Crippen LogP contribution in [0.25, 0.3) is 0 Å². The minimum atomic E-state index is -4.15. The van der Waals surface area contributed by atoms with Gasteiger partial charge in [0.05, 0.1) is 23.1 Å². The number of benzene rings is 2. The molecule has 0 aromatic heterocycles. The van der Waals surface area contributed by atoms with Gasteiger partial charge >= 0.3 is 0 Å². The van der Waals surface area contributed by atoms with Crippen LogP contribution in [0.1, 0.15) is 48.4 Å². The zero-order valence-electron chi connectivity index (χ0n) is 21.8. The van der Waals surface area contributed by atoms with Crippen molar-refractivity contribution >= 4 is 39.1 Å². The second kappa shape index (κ2) is 10.4. The van der Waals surface area contributed by atoms with Crippen molar-refractivity contribution in [1.29, 1.82) is 0 Å². The van der Waals surface area contributed by atoms with Crippen molar-refractivity contribution in [2.45, 2.75) is 70.9 Å². The summed E-state index contributed by atoms with van der Waals surface area (Å²) in [7, 11) is -4.15. The molecule has 9 nitrogen and oxygen atoms in total. The summed E-state index contributed by atoms with van der Waals surface area (Å²) < 4.78 is 35.4. The lowest BCUT2D eigenvalue weighted by Gasteiger charge is -2.30. The molecule has 0 spiro atoms. The molecule has 2 aliphatic heterocycles. The predicted octanol–water partition coefficient (Wildman–Crippen LogP) is 3.38. The predicted molar refractivity (Wildman–Crippen MR) is 140 cm³/mol. The molecule has 2 aromatic rings. The number of imide groups is 1. The number of anilines is 2. The zero-order valence-corrected chi connectivity index (χ0v) is 22.6. The van der Waals surface area contributed by atoms with Gasteiger partial charge in [-0.25, -0.2) is 13.3 Å². The molecule has 0 bridgehead atoms. The maximum Gasteiger partial charge on any atom is 0.252 e. The molecule has 2 heterocycles. The van der Waals surface area contributed by atoms with Gasteiger partial charge in [-0.3, -0.25) is 14.4 Å². The molecule has 0 aliphatic carbocycles. The van der Waals surface area contributed by atoms with Gasteiger partial charge in [-0.05, 0) is 87.1 Å². The highest BCUT2D eigenvalue weighted by molar-refractivity contribution is 7.89. The summed E-state index contributed by atoms with van der Waals surface area (Å²) >= 11 is 0. The van der Waals surface area contributed by atoms with Crippen LogP contribution in [0, 0.1) is 27.7 Å². The number of hydrogen-bond acceptors (Lipinski definition) is 6. The third-order valence-electron chi connectivity index (χ3n) is 7.19. The van der Waals surface area contributed by atoms with Crippen molar-refractivity contribution < 1.29 is 27.5 Å². The Morgan fingerprint density at radius 2 is 1.70 bits per heavy atom. The molecule has 2 unspecified atom stereocenters. The van der Waals surface area contributed by atoms with Crippen LogP contribution in [0.15, 0.2) is 35.2 Å². The number of nitrogens with zero attached hydrogens (tertiary/aromatic N) is 2. The molecule has 1 N–H and O–H groups in total. The molecule has 10 heteroatoms. The van der Waals surface area contributed by atoms with E-state index in [1.54, 1.807) is 38.1 Å². The molecule has 37 heavy (non-hydrogen) atoms. The summed E-state index contributed by atoms with van der Waals surface area (Å²) in [6, 6.07) is 7.06. The van der Waals surface area contributed by atoms with Crippen LogP contribution in [0.4, 0.5) is 11.4 Å².